The van der Waals surface area contributed by atoms with Crippen LogP contribution in [0.3, 0.4) is 0 Å². The molecular weight excluding hydrogens is 284 g/mol. The second-order valence-corrected chi connectivity index (χ2v) is 8.20. The van der Waals surface area contributed by atoms with Gasteiger partial charge in [-0.25, -0.2) is 13.1 Å². The summed E-state index contributed by atoms with van der Waals surface area (Å²) in [7, 11) is -1.56. The summed E-state index contributed by atoms with van der Waals surface area (Å²) in [5.74, 6) is 0. The van der Waals surface area contributed by atoms with E-state index in [0.717, 1.165) is 24.1 Å². The highest BCUT2D eigenvalue weighted by Gasteiger charge is 2.42. The second kappa shape index (κ2) is 5.14. The topological polar surface area (TPSA) is 67.4 Å². The van der Waals surface area contributed by atoms with Crippen molar-refractivity contribution in [1.82, 2.24) is 10.0 Å². The summed E-state index contributed by atoms with van der Waals surface area (Å²) in [6.07, 6.45) is 3.15. The monoisotopic (exact) mass is 302 g/mol. The van der Waals surface area contributed by atoms with Crippen LogP contribution in [0.25, 0.3) is 0 Å². The molecule has 2 aliphatic rings. The standard InChI is InChI=1S/C12H18N2O3S2/c1-13-7-9-3-5-12(18-9)19(15,16)14-10-6-8-2-4-11(10)17-8/h3,5,8,10-11,13-14H,2,4,6-7H2,1H3. The summed E-state index contributed by atoms with van der Waals surface area (Å²) in [5.41, 5.74) is 0. The SMILES string of the molecule is CNCc1ccc(S(=O)(=O)NC2CC3CCC2O3)s1. The molecule has 2 fully saturated rings. The van der Waals surface area contributed by atoms with Crippen molar-refractivity contribution in [3.8, 4) is 0 Å². The molecule has 2 aliphatic heterocycles. The number of rotatable bonds is 5. The van der Waals surface area contributed by atoms with Crippen molar-refractivity contribution in [3.63, 3.8) is 0 Å². The van der Waals surface area contributed by atoms with Crippen LogP contribution in [0.15, 0.2) is 16.3 Å². The highest BCUT2D eigenvalue weighted by molar-refractivity contribution is 7.91. The summed E-state index contributed by atoms with van der Waals surface area (Å²) in [4.78, 5) is 1.02. The maximum absolute atomic E-state index is 12.3. The Morgan fingerprint density at radius 2 is 2.26 bits per heavy atom. The van der Waals surface area contributed by atoms with E-state index in [1.807, 2.05) is 13.1 Å². The summed E-state index contributed by atoms with van der Waals surface area (Å²) in [6, 6.07) is 3.47. The van der Waals surface area contributed by atoms with Gasteiger partial charge in [0, 0.05) is 11.4 Å². The Morgan fingerprint density at radius 3 is 2.89 bits per heavy atom. The largest absolute Gasteiger partial charge is 0.373 e. The van der Waals surface area contributed by atoms with Crippen LogP contribution < -0.4 is 10.0 Å². The van der Waals surface area contributed by atoms with Crippen LogP contribution in [0.5, 0.6) is 0 Å². The molecule has 0 saturated carbocycles. The quantitative estimate of drug-likeness (QED) is 0.854. The normalized spacial score (nSPS) is 30.1. The predicted octanol–water partition coefficient (Wildman–Crippen LogP) is 1.07. The molecule has 2 N–H and O–H groups in total. The molecule has 19 heavy (non-hydrogen) atoms. The molecule has 0 aromatic carbocycles. The summed E-state index contributed by atoms with van der Waals surface area (Å²) in [5, 5.41) is 3.02. The Kier molecular flexibility index (Phi) is 3.65. The Balaban J connectivity index is 1.71. The molecule has 0 radical (unpaired) electrons. The number of sulfonamides is 1. The van der Waals surface area contributed by atoms with Crippen molar-refractivity contribution in [3.05, 3.63) is 17.0 Å². The average Bonchev–Trinajstić information content (AvgIpc) is 3.03. The van der Waals surface area contributed by atoms with Crippen LogP contribution in [-0.4, -0.2) is 33.7 Å². The van der Waals surface area contributed by atoms with E-state index in [0.29, 0.717) is 10.8 Å². The number of hydrogen-bond donors (Lipinski definition) is 2. The summed E-state index contributed by atoms with van der Waals surface area (Å²) >= 11 is 1.31. The lowest BCUT2D eigenvalue weighted by atomic mass is 9.96. The molecule has 3 unspecified atom stereocenters. The molecule has 2 saturated heterocycles. The van der Waals surface area contributed by atoms with E-state index in [-0.39, 0.29) is 18.2 Å². The second-order valence-electron chi connectivity index (χ2n) is 5.09. The molecule has 0 amide bonds. The number of hydrogen-bond acceptors (Lipinski definition) is 5. The maximum atomic E-state index is 12.3. The Bertz CT molecular complexity index is 555. The number of fused-ring (bicyclic) bond motifs is 2. The first-order valence-corrected chi connectivity index (χ1v) is 8.79. The smallest absolute Gasteiger partial charge is 0.250 e. The van der Waals surface area contributed by atoms with Crippen molar-refractivity contribution in [1.29, 1.82) is 0 Å². The fraction of sp³-hybridized carbons (Fsp3) is 0.667. The van der Waals surface area contributed by atoms with Gasteiger partial charge in [0.25, 0.3) is 0 Å². The van der Waals surface area contributed by atoms with E-state index in [1.165, 1.54) is 11.3 Å². The molecule has 7 heteroatoms. The lowest BCUT2D eigenvalue weighted by Crippen LogP contribution is -2.41. The van der Waals surface area contributed by atoms with Crippen molar-refractivity contribution < 1.29 is 13.2 Å². The van der Waals surface area contributed by atoms with Crippen LogP contribution in [0, 0.1) is 0 Å². The third-order valence-corrected chi connectivity index (χ3v) is 6.73. The van der Waals surface area contributed by atoms with Gasteiger partial charge in [-0.05, 0) is 38.4 Å². The molecule has 0 aliphatic carbocycles. The summed E-state index contributed by atoms with van der Waals surface area (Å²) in [6.45, 7) is 0.692. The van der Waals surface area contributed by atoms with Crippen LogP contribution >= 0.6 is 11.3 Å². The highest BCUT2D eigenvalue weighted by Crippen LogP contribution is 2.35. The first-order chi connectivity index (χ1) is 9.08. The molecule has 1 aromatic heterocycles. The zero-order chi connectivity index (χ0) is 13.5. The fourth-order valence-electron chi connectivity index (χ4n) is 2.79. The first-order valence-electron chi connectivity index (χ1n) is 6.49. The van der Waals surface area contributed by atoms with Gasteiger partial charge in [-0.2, -0.15) is 0 Å². The van der Waals surface area contributed by atoms with Gasteiger partial charge in [0.2, 0.25) is 10.0 Å². The fourth-order valence-corrected chi connectivity index (χ4v) is 5.45. The van der Waals surface area contributed by atoms with Gasteiger partial charge in [0.1, 0.15) is 4.21 Å². The van der Waals surface area contributed by atoms with Crippen molar-refractivity contribution in [2.24, 2.45) is 0 Å². The molecule has 3 heterocycles. The third-order valence-electron chi connectivity index (χ3n) is 3.67. The minimum atomic E-state index is -3.40. The van der Waals surface area contributed by atoms with E-state index in [9.17, 15) is 8.42 Å². The van der Waals surface area contributed by atoms with E-state index in [4.69, 9.17) is 4.74 Å². The summed E-state index contributed by atoms with van der Waals surface area (Å²) < 4.78 is 33.5. The molecular formula is C12H18N2O3S2. The molecule has 3 rings (SSSR count). The van der Waals surface area contributed by atoms with Gasteiger partial charge in [-0.15, -0.1) is 11.3 Å². The molecule has 2 bridgehead atoms. The van der Waals surface area contributed by atoms with E-state index in [2.05, 4.69) is 10.0 Å². The van der Waals surface area contributed by atoms with Gasteiger partial charge < -0.3 is 10.1 Å². The van der Waals surface area contributed by atoms with Crippen LogP contribution in [0.1, 0.15) is 24.1 Å². The number of thiophene rings is 1. The molecule has 106 valence electrons. The Morgan fingerprint density at radius 1 is 1.42 bits per heavy atom. The van der Waals surface area contributed by atoms with E-state index < -0.39 is 10.0 Å². The van der Waals surface area contributed by atoms with E-state index >= 15 is 0 Å². The maximum Gasteiger partial charge on any atom is 0.250 e. The van der Waals surface area contributed by atoms with E-state index in [1.54, 1.807) is 6.07 Å². The van der Waals surface area contributed by atoms with Crippen LogP contribution in [0.4, 0.5) is 0 Å². The van der Waals surface area contributed by atoms with Gasteiger partial charge in [0.05, 0.1) is 18.2 Å². The predicted molar refractivity (Wildman–Crippen MR) is 73.7 cm³/mol. The van der Waals surface area contributed by atoms with Crippen LogP contribution in [0.2, 0.25) is 0 Å². The lowest BCUT2D eigenvalue weighted by molar-refractivity contribution is 0.0996. The highest BCUT2D eigenvalue weighted by atomic mass is 32.2. The lowest BCUT2D eigenvalue weighted by Gasteiger charge is -2.19. The number of nitrogens with one attached hydrogen (secondary N) is 2. The van der Waals surface area contributed by atoms with Gasteiger partial charge in [0.15, 0.2) is 0 Å². The van der Waals surface area contributed by atoms with Crippen molar-refractivity contribution >= 4 is 21.4 Å². The minimum Gasteiger partial charge on any atom is -0.373 e. The van der Waals surface area contributed by atoms with Crippen molar-refractivity contribution in [2.75, 3.05) is 7.05 Å². The molecule has 0 spiro atoms. The molecule has 3 atom stereocenters. The number of ether oxygens (including phenoxy) is 1. The molecule has 5 nitrogen and oxygen atoms in total. The van der Waals surface area contributed by atoms with Crippen LogP contribution in [-0.2, 0) is 21.3 Å². The third kappa shape index (κ3) is 2.71. The Labute approximate surface area is 117 Å². The minimum absolute atomic E-state index is 0.0569. The van der Waals surface area contributed by atoms with Gasteiger partial charge in [-0.3, -0.25) is 0 Å². The first kappa shape index (κ1) is 13.5. The molecule has 1 aromatic rings. The average molecular weight is 302 g/mol. The zero-order valence-corrected chi connectivity index (χ0v) is 12.4. The van der Waals surface area contributed by atoms with Gasteiger partial charge >= 0.3 is 0 Å². The zero-order valence-electron chi connectivity index (χ0n) is 10.8. The van der Waals surface area contributed by atoms with Crippen molar-refractivity contribution in [2.45, 2.75) is 48.3 Å². The Hall–Kier alpha value is -0.470. The van der Waals surface area contributed by atoms with Gasteiger partial charge in [-0.1, -0.05) is 0 Å².